The van der Waals surface area contributed by atoms with Gasteiger partial charge < -0.3 is 4.74 Å². The van der Waals surface area contributed by atoms with Gasteiger partial charge in [0.25, 0.3) is 5.56 Å². The predicted octanol–water partition coefficient (Wildman–Crippen LogP) is 1.19. The molecule has 2 aliphatic rings. The fraction of sp³-hybridized carbons (Fsp3) is 0.278. The van der Waals surface area contributed by atoms with Gasteiger partial charge in [0, 0.05) is 25.2 Å². The van der Waals surface area contributed by atoms with E-state index in [2.05, 4.69) is 5.10 Å². The first kappa shape index (κ1) is 14.7. The molecule has 2 aliphatic heterocycles. The zero-order valence-electron chi connectivity index (χ0n) is 13.8. The molecule has 0 fully saturated rings. The van der Waals surface area contributed by atoms with Crippen molar-refractivity contribution in [3.8, 4) is 5.75 Å². The van der Waals surface area contributed by atoms with Crippen molar-refractivity contribution < 1.29 is 4.74 Å². The Labute approximate surface area is 147 Å². The van der Waals surface area contributed by atoms with Crippen LogP contribution in [-0.2, 0) is 7.05 Å². The summed E-state index contributed by atoms with van der Waals surface area (Å²) in [6.45, 7) is 1.98. The molecule has 5 rings (SSSR count). The van der Waals surface area contributed by atoms with Gasteiger partial charge >= 0.3 is 0 Å². The number of fused-ring (bicyclic) bond motifs is 6. The first-order valence-electron chi connectivity index (χ1n) is 8.13. The van der Waals surface area contributed by atoms with E-state index in [9.17, 15) is 4.79 Å². The molecule has 0 amide bonds. The second-order valence-corrected chi connectivity index (χ2v) is 7.60. The molecule has 2 bridgehead atoms. The number of aromatic nitrogens is 3. The van der Waals surface area contributed by atoms with Crippen LogP contribution in [0.2, 0.25) is 0 Å². The van der Waals surface area contributed by atoms with Crippen LogP contribution in [0.1, 0.15) is 30.6 Å². The summed E-state index contributed by atoms with van der Waals surface area (Å²) >= 11 is 1.41. The number of rotatable bonds is 1. The number of nitrogens with zero attached hydrogens (tertiary/aromatic N) is 4. The number of hydrogen-bond acceptors (Lipinski definition) is 5. The highest BCUT2D eigenvalue weighted by molar-refractivity contribution is 7.07. The van der Waals surface area contributed by atoms with Crippen molar-refractivity contribution in [1.82, 2.24) is 14.3 Å². The molecule has 25 heavy (non-hydrogen) atoms. The van der Waals surface area contributed by atoms with Crippen LogP contribution in [0.25, 0.3) is 6.08 Å². The van der Waals surface area contributed by atoms with Crippen molar-refractivity contribution in [3.05, 3.63) is 67.5 Å². The van der Waals surface area contributed by atoms with Gasteiger partial charge in [0.15, 0.2) is 4.80 Å². The molecule has 6 nitrogen and oxygen atoms in total. The summed E-state index contributed by atoms with van der Waals surface area (Å²) in [6.07, 6.45) is 4.26. The van der Waals surface area contributed by atoms with Gasteiger partial charge in [-0.1, -0.05) is 29.5 Å². The Hall–Kier alpha value is -2.67. The molecule has 0 spiro atoms. The smallest absolute Gasteiger partial charge is 0.270 e. The topological polar surface area (TPSA) is 61.4 Å². The highest BCUT2D eigenvalue weighted by Crippen LogP contribution is 2.42. The second-order valence-electron chi connectivity index (χ2n) is 6.59. The third-order valence-corrected chi connectivity index (χ3v) is 5.78. The molecule has 1 aromatic carbocycles. The zero-order valence-corrected chi connectivity index (χ0v) is 14.7. The lowest BCUT2D eigenvalue weighted by molar-refractivity contribution is 0.0410. The van der Waals surface area contributed by atoms with E-state index in [1.165, 1.54) is 11.3 Å². The van der Waals surface area contributed by atoms with E-state index in [1.807, 2.05) is 54.9 Å². The summed E-state index contributed by atoms with van der Waals surface area (Å²) < 4.78 is 10.3. The van der Waals surface area contributed by atoms with Gasteiger partial charge in [0.05, 0.1) is 16.3 Å². The fourth-order valence-electron chi connectivity index (χ4n) is 3.60. The highest BCUT2D eigenvalue weighted by atomic mass is 32.1. The minimum absolute atomic E-state index is 0.00583. The minimum Gasteiger partial charge on any atom is -0.466 e. The van der Waals surface area contributed by atoms with Crippen LogP contribution >= 0.6 is 11.3 Å². The van der Waals surface area contributed by atoms with Crippen molar-refractivity contribution in [2.75, 3.05) is 0 Å². The first-order valence-corrected chi connectivity index (χ1v) is 8.95. The largest absolute Gasteiger partial charge is 0.466 e. The van der Waals surface area contributed by atoms with E-state index in [-0.39, 0.29) is 11.6 Å². The molecule has 0 unspecified atom stereocenters. The fourth-order valence-corrected chi connectivity index (χ4v) is 4.71. The number of para-hydroxylation sites is 1. The van der Waals surface area contributed by atoms with E-state index in [0.29, 0.717) is 15.8 Å². The van der Waals surface area contributed by atoms with Crippen LogP contribution in [0.4, 0.5) is 0 Å². The van der Waals surface area contributed by atoms with E-state index < -0.39 is 5.72 Å². The van der Waals surface area contributed by atoms with E-state index in [0.717, 1.165) is 17.0 Å². The molecule has 4 heterocycles. The lowest BCUT2D eigenvalue weighted by Gasteiger charge is -2.39. The molecule has 0 radical (unpaired) electrons. The molecule has 0 saturated carbocycles. The molecule has 0 N–H and O–H groups in total. The lowest BCUT2D eigenvalue weighted by atomic mass is 9.93. The molecule has 2 aromatic heterocycles. The summed E-state index contributed by atoms with van der Waals surface area (Å²) in [5.41, 5.74) is 1.30. The molecule has 3 aromatic rings. The Morgan fingerprint density at radius 3 is 3.00 bits per heavy atom. The number of hydrogen-bond donors (Lipinski definition) is 0. The summed E-state index contributed by atoms with van der Waals surface area (Å²) in [4.78, 5) is 18.5. The molecule has 126 valence electrons. The number of thiazole rings is 1. The highest BCUT2D eigenvalue weighted by Gasteiger charge is 2.42. The third-order valence-electron chi connectivity index (χ3n) is 4.80. The lowest BCUT2D eigenvalue weighted by Crippen LogP contribution is -2.49. The van der Waals surface area contributed by atoms with E-state index in [4.69, 9.17) is 9.73 Å². The third kappa shape index (κ3) is 2.12. The first-order chi connectivity index (χ1) is 12.0. The van der Waals surface area contributed by atoms with E-state index in [1.54, 1.807) is 10.9 Å². The summed E-state index contributed by atoms with van der Waals surface area (Å²) in [7, 11) is 1.86. The van der Waals surface area contributed by atoms with Crippen molar-refractivity contribution in [1.29, 1.82) is 0 Å². The maximum absolute atomic E-state index is 13.1. The van der Waals surface area contributed by atoms with Crippen molar-refractivity contribution in [2.45, 2.75) is 25.1 Å². The molecule has 2 atom stereocenters. The quantitative estimate of drug-likeness (QED) is 0.661. The Balaban J connectivity index is 1.79. The molecular weight excluding hydrogens is 336 g/mol. The number of ether oxygens (including phenoxy) is 1. The Morgan fingerprint density at radius 2 is 2.20 bits per heavy atom. The maximum Gasteiger partial charge on any atom is 0.270 e. The Bertz CT molecular complexity index is 1170. The predicted molar refractivity (Wildman–Crippen MR) is 94.4 cm³/mol. The summed E-state index contributed by atoms with van der Waals surface area (Å²) in [6, 6.07) is 9.75. The van der Waals surface area contributed by atoms with Crippen LogP contribution in [0.15, 0.2) is 46.3 Å². The molecule has 0 aliphatic carbocycles. The molecular formula is C18H16N4O2S. The monoisotopic (exact) mass is 352 g/mol. The molecule has 7 heteroatoms. The van der Waals surface area contributed by atoms with Crippen LogP contribution in [-0.4, -0.2) is 20.1 Å². The molecule has 0 saturated heterocycles. The van der Waals surface area contributed by atoms with Crippen LogP contribution in [0.5, 0.6) is 5.75 Å². The van der Waals surface area contributed by atoms with Gasteiger partial charge in [0.2, 0.25) is 5.72 Å². The Kier molecular flexibility index (Phi) is 2.88. The second kappa shape index (κ2) is 4.92. The van der Waals surface area contributed by atoms with E-state index >= 15 is 0 Å². The standard InChI is InChI=1S/C18H16N4O2S/c1-18-10-13(12-5-3-4-6-14(12)24-18)22-16(23)15(25-17(22)20-18)9-11-7-8-19-21(11)2/h3-9,13H,10H2,1-2H3/b15-9-/t13-,18+/m0/s1. The van der Waals surface area contributed by atoms with Crippen molar-refractivity contribution in [3.63, 3.8) is 0 Å². The number of benzene rings is 1. The summed E-state index contributed by atoms with van der Waals surface area (Å²) in [5.74, 6) is 0.811. The Morgan fingerprint density at radius 1 is 1.36 bits per heavy atom. The summed E-state index contributed by atoms with van der Waals surface area (Å²) in [5, 5.41) is 4.16. The van der Waals surface area contributed by atoms with Gasteiger partial charge in [-0.3, -0.25) is 14.0 Å². The van der Waals surface area contributed by atoms with Gasteiger partial charge in [-0.15, -0.1) is 0 Å². The van der Waals surface area contributed by atoms with Gasteiger partial charge in [-0.25, -0.2) is 4.99 Å². The van der Waals surface area contributed by atoms with Crippen LogP contribution in [0.3, 0.4) is 0 Å². The maximum atomic E-state index is 13.1. The van der Waals surface area contributed by atoms with Gasteiger partial charge in [-0.2, -0.15) is 5.10 Å². The minimum atomic E-state index is -0.625. The van der Waals surface area contributed by atoms with Crippen molar-refractivity contribution >= 4 is 17.4 Å². The van der Waals surface area contributed by atoms with Gasteiger partial charge in [-0.05, 0) is 25.1 Å². The normalized spacial score (nSPS) is 24.2. The SMILES string of the molecule is Cn1nccc1/C=c1\sc2n(c1=O)[C@H]1C[C@](C)(N=2)Oc2ccccc21. The van der Waals surface area contributed by atoms with Gasteiger partial charge in [0.1, 0.15) is 5.75 Å². The van der Waals surface area contributed by atoms with Crippen LogP contribution in [0, 0.1) is 0 Å². The van der Waals surface area contributed by atoms with Crippen molar-refractivity contribution in [2.24, 2.45) is 12.0 Å². The number of aryl methyl sites for hydroxylation is 1. The average molecular weight is 352 g/mol. The zero-order chi connectivity index (χ0) is 17.2. The average Bonchev–Trinajstić information content (AvgIpc) is 3.11. The van der Waals surface area contributed by atoms with Crippen LogP contribution < -0.4 is 19.6 Å².